The number of nitrogens with one attached hydrogen (secondary N) is 1. The maximum Gasteiger partial charge on any atom is 0.258 e. The Morgan fingerprint density at radius 1 is 1.24 bits per heavy atom. The molecule has 0 aliphatic carbocycles. The van der Waals surface area contributed by atoms with Crippen molar-refractivity contribution in [1.29, 1.82) is 0 Å². The van der Waals surface area contributed by atoms with Gasteiger partial charge in [-0.2, -0.15) is 0 Å². The van der Waals surface area contributed by atoms with Gasteiger partial charge in [-0.15, -0.1) is 0 Å². The first-order chi connectivity index (χ1) is 10.2. The molecular formula is C16H23N3O2. The van der Waals surface area contributed by atoms with Gasteiger partial charge in [0.05, 0.1) is 0 Å². The lowest BCUT2D eigenvalue weighted by molar-refractivity contribution is -0.124. The summed E-state index contributed by atoms with van der Waals surface area (Å²) in [6.45, 7) is 2.35. The molecule has 1 amide bonds. The van der Waals surface area contributed by atoms with E-state index in [4.69, 9.17) is 10.5 Å². The highest BCUT2D eigenvalue weighted by Crippen LogP contribution is 2.27. The van der Waals surface area contributed by atoms with Gasteiger partial charge < -0.3 is 15.8 Å². The van der Waals surface area contributed by atoms with Crippen LogP contribution in [0.3, 0.4) is 0 Å². The van der Waals surface area contributed by atoms with Crippen LogP contribution < -0.4 is 15.8 Å². The Bertz CT molecular complexity index is 489. The first-order valence-corrected chi connectivity index (χ1v) is 7.74. The predicted octanol–water partition coefficient (Wildman–Crippen LogP) is 1.39. The van der Waals surface area contributed by atoms with Crippen LogP contribution in [0, 0.1) is 0 Å². The van der Waals surface area contributed by atoms with E-state index in [1.165, 1.54) is 25.8 Å². The minimum Gasteiger partial charge on any atom is -0.484 e. The number of carbonyl (C=O) groups excluding carboxylic acids is 1. The predicted molar refractivity (Wildman–Crippen MR) is 82.1 cm³/mol. The Morgan fingerprint density at radius 3 is 2.86 bits per heavy atom. The summed E-state index contributed by atoms with van der Waals surface area (Å²) >= 11 is 0. The SMILES string of the molecule is Nc1ccc(OCC(=O)NC2CCN3CCCCC23)cc1. The smallest absolute Gasteiger partial charge is 0.258 e. The number of nitrogens with two attached hydrogens (primary N) is 1. The molecule has 1 aromatic carbocycles. The lowest BCUT2D eigenvalue weighted by Crippen LogP contribution is -2.47. The average Bonchev–Trinajstić information content (AvgIpc) is 2.90. The number of nitrogens with zero attached hydrogens (tertiary/aromatic N) is 1. The third-order valence-corrected chi connectivity index (χ3v) is 4.45. The fourth-order valence-corrected chi connectivity index (χ4v) is 3.38. The standard InChI is InChI=1S/C16H23N3O2/c17-12-4-6-13(7-5-12)21-11-16(20)18-14-8-10-19-9-2-1-3-15(14)19/h4-7,14-15H,1-3,8-11,17H2,(H,18,20). The Kier molecular flexibility index (Phi) is 4.29. The number of benzene rings is 1. The second-order valence-corrected chi connectivity index (χ2v) is 5.92. The molecule has 0 aromatic heterocycles. The van der Waals surface area contributed by atoms with E-state index in [2.05, 4.69) is 10.2 Å². The van der Waals surface area contributed by atoms with Crippen molar-refractivity contribution in [2.45, 2.75) is 37.8 Å². The zero-order chi connectivity index (χ0) is 14.7. The lowest BCUT2D eigenvalue weighted by atomic mass is 9.99. The maximum absolute atomic E-state index is 12.0. The average molecular weight is 289 g/mol. The van der Waals surface area contributed by atoms with Crippen LogP contribution in [0.2, 0.25) is 0 Å². The largest absolute Gasteiger partial charge is 0.484 e. The van der Waals surface area contributed by atoms with Gasteiger partial charge in [0.25, 0.3) is 5.91 Å². The highest BCUT2D eigenvalue weighted by molar-refractivity contribution is 5.78. The molecule has 5 heteroatoms. The van der Waals surface area contributed by atoms with E-state index in [9.17, 15) is 4.79 Å². The minimum atomic E-state index is -0.0377. The molecule has 3 N–H and O–H groups in total. The van der Waals surface area contributed by atoms with Gasteiger partial charge in [0.2, 0.25) is 0 Å². The Labute approximate surface area is 125 Å². The van der Waals surface area contributed by atoms with Crippen molar-refractivity contribution in [2.75, 3.05) is 25.4 Å². The molecule has 0 spiro atoms. The van der Waals surface area contributed by atoms with Gasteiger partial charge in [0.1, 0.15) is 5.75 Å². The molecule has 2 aliphatic heterocycles. The first-order valence-electron chi connectivity index (χ1n) is 7.74. The normalized spacial score (nSPS) is 25.3. The molecule has 2 unspecified atom stereocenters. The van der Waals surface area contributed by atoms with Crippen molar-refractivity contribution >= 4 is 11.6 Å². The molecule has 5 nitrogen and oxygen atoms in total. The highest BCUT2D eigenvalue weighted by Gasteiger charge is 2.36. The summed E-state index contributed by atoms with van der Waals surface area (Å²) in [4.78, 5) is 14.5. The van der Waals surface area contributed by atoms with E-state index in [1.807, 2.05) is 0 Å². The van der Waals surface area contributed by atoms with Crippen molar-refractivity contribution < 1.29 is 9.53 Å². The molecule has 3 rings (SSSR count). The zero-order valence-corrected chi connectivity index (χ0v) is 12.3. The molecule has 0 bridgehead atoms. The van der Waals surface area contributed by atoms with Crippen LogP contribution in [0.25, 0.3) is 0 Å². The number of fused-ring (bicyclic) bond motifs is 1. The van der Waals surface area contributed by atoms with E-state index in [1.54, 1.807) is 24.3 Å². The fourth-order valence-electron chi connectivity index (χ4n) is 3.38. The third-order valence-electron chi connectivity index (χ3n) is 4.45. The van der Waals surface area contributed by atoms with Gasteiger partial charge in [-0.3, -0.25) is 9.69 Å². The monoisotopic (exact) mass is 289 g/mol. The third kappa shape index (κ3) is 3.47. The van der Waals surface area contributed by atoms with E-state index in [-0.39, 0.29) is 18.6 Å². The van der Waals surface area contributed by atoms with E-state index < -0.39 is 0 Å². The number of hydrogen-bond acceptors (Lipinski definition) is 4. The molecule has 1 aromatic rings. The van der Waals surface area contributed by atoms with E-state index in [0.717, 1.165) is 13.0 Å². The number of nitrogen functional groups attached to an aromatic ring is 1. The van der Waals surface area contributed by atoms with Crippen molar-refractivity contribution in [2.24, 2.45) is 0 Å². The van der Waals surface area contributed by atoms with Gasteiger partial charge in [-0.25, -0.2) is 0 Å². The number of hydrogen-bond donors (Lipinski definition) is 2. The van der Waals surface area contributed by atoms with E-state index >= 15 is 0 Å². The number of ether oxygens (including phenoxy) is 1. The van der Waals surface area contributed by atoms with Crippen LogP contribution in [0.15, 0.2) is 24.3 Å². The molecular weight excluding hydrogens is 266 g/mol. The highest BCUT2D eigenvalue weighted by atomic mass is 16.5. The second kappa shape index (κ2) is 6.35. The number of anilines is 1. The summed E-state index contributed by atoms with van der Waals surface area (Å²) in [6, 6.07) is 7.91. The maximum atomic E-state index is 12.0. The quantitative estimate of drug-likeness (QED) is 0.822. The summed E-state index contributed by atoms with van der Waals surface area (Å²) in [5.41, 5.74) is 6.30. The molecule has 2 fully saturated rings. The molecule has 2 saturated heterocycles. The van der Waals surface area contributed by atoms with Crippen molar-refractivity contribution in [1.82, 2.24) is 10.2 Å². The Morgan fingerprint density at radius 2 is 2.05 bits per heavy atom. The molecule has 114 valence electrons. The molecule has 2 heterocycles. The second-order valence-electron chi connectivity index (χ2n) is 5.92. The van der Waals surface area contributed by atoms with Gasteiger partial charge in [0, 0.05) is 24.3 Å². The van der Waals surface area contributed by atoms with Crippen molar-refractivity contribution in [3.63, 3.8) is 0 Å². The first kappa shape index (κ1) is 14.2. The summed E-state index contributed by atoms with van der Waals surface area (Å²) < 4.78 is 5.49. The van der Waals surface area contributed by atoms with Gasteiger partial charge >= 0.3 is 0 Å². The number of carbonyl (C=O) groups is 1. The van der Waals surface area contributed by atoms with Gasteiger partial charge in [-0.05, 0) is 50.1 Å². The summed E-state index contributed by atoms with van der Waals surface area (Å²) in [7, 11) is 0. The zero-order valence-electron chi connectivity index (χ0n) is 12.3. The topological polar surface area (TPSA) is 67.6 Å². The summed E-state index contributed by atoms with van der Waals surface area (Å²) in [5.74, 6) is 0.634. The van der Waals surface area contributed by atoms with Crippen LogP contribution in [-0.2, 0) is 4.79 Å². The van der Waals surface area contributed by atoms with Crippen LogP contribution in [0.4, 0.5) is 5.69 Å². The van der Waals surface area contributed by atoms with Gasteiger partial charge in [0.15, 0.2) is 6.61 Å². The van der Waals surface area contributed by atoms with Crippen LogP contribution in [0.1, 0.15) is 25.7 Å². The van der Waals surface area contributed by atoms with E-state index in [0.29, 0.717) is 17.5 Å². The van der Waals surface area contributed by atoms with Crippen LogP contribution in [0.5, 0.6) is 5.75 Å². The molecule has 2 atom stereocenters. The molecule has 0 radical (unpaired) electrons. The number of piperidine rings is 1. The van der Waals surface area contributed by atoms with Crippen LogP contribution in [-0.4, -0.2) is 42.6 Å². The van der Waals surface area contributed by atoms with Gasteiger partial charge in [-0.1, -0.05) is 6.42 Å². The molecule has 0 saturated carbocycles. The minimum absolute atomic E-state index is 0.0377. The van der Waals surface area contributed by atoms with Crippen molar-refractivity contribution in [3.8, 4) is 5.75 Å². The summed E-state index contributed by atoms with van der Waals surface area (Å²) in [5, 5.41) is 3.13. The summed E-state index contributed by atoms with van der Waals surface area (Å²) in [6.07, 6.45) is 4.81. The lowest BCUT2D eigenvalue weighted by Gasteiger charge is -2.32. The number of rotatable bonds is 4. The molecule has 21 heavy (non-hydrogen) atoms. The Hall–Kier alpha value is -1.75. The fraction of sp³-hybridized carbons (Fsp3) is 0.562. The van der Waals surface area contributed by atoms with Crippen LogP contribution >= 0.6 is 0 Å². The Balaban J connectivity index is 1.47. The molecule has 2 aliphatic rings. The van der Waals surface area contributed by atoms with Crippen molar-refractivity contribution in [3.05, 3.63) is 24.3 Å². The number of amides is 1.